The molecule has 0 radical (unpaired) electrons. The summed E-state index contributed by atoms with van der Waals surface area (Å²) in [5, 5.41) is 0. The molecule has 4 heterocycles. The van der Waals surface area contributed by atoms with Crippen molar-refractivity contribution in [3.63, 3.8) is 0 Å². The van der Waals surface area contributed by atoms with Gasteiger partial charge in [-0.25, -0.2) is 9.78 Å². The van der Waals surface area contributed by atoms with Gasteiger partial charge >= 0.3 is 6.09 Å². The van der Waals surface area contributed by atoms with Crippen molar-refractivity contribution >= 4 is 17.9 Å². The minimum atomic E-state index is -0.519. The highest BCUT2D eigenvalue weighted by Crippen LogP contribution is 2.42. The van der Waals surface area contributed by atoms with Crippen LogP contribution in [-0.4, -0.2) is 58.8 Å². The number of fused-ring (bicyclic) bond motifs is 4. The largest absolute Gasteiger partial charge is 0.493 e. The van der Waals surface area contributed by atoms with Crippen molar-refractivity contribution in [3.05, 3.63) is 54.1 Å². The summed E-state index contributed by atoms with van der Waals surface area (Å²) < 4.78 is 12.0. The van der Waals surface area contributed by atoms with E-state index < -0.39 is 5.60 Å². The first-order valence-electron chi connectivity index (χ1n) is 13.5. The summed E-state index contributed by atoms with van der Waals surface area (Å²) >= 11 is 0. The molecule has 0 spiro atoms. The summed E-state index contributed by atoms with van der Waals surface area (Å²) in [5.74, 6) is 2.28. The summed E-state index contributed by atoms with van der Waals surface area (Å²) in [5.41, 5.74) is 10.8. The molecule has 2 fully saturated rings. The van der Waals surface area contributed by atoms with E-state index >= 15 is 0 Å². The van der Waals surface area contributed by atoms with Crippen LogP contribution in [0.2, 0.25) is 0 Å². The smallest absolute Gasteiger partial charge is 0.410 e. The minimum Gasteiger partial charge on any atom is -0.493 e. The highest BCUT2D eigenvalue weighted by molar-refractivity contribution is 5.79. The third-order valence-electron chi connectivity index (χ3n) is 7.66. The first-order valence-corrected chi connectivity index (χ1v) is 13.5. The van der Waals surface area contributed by atoms with Crippen LogP contribution in [0.4, 0.5) is 16.6 Å². The second kappa shape index (κ2) is 9.49. The molecule has 1 aromatic heterocycles. The lowest BCUT2D eigenvalue weighted by Crippen LogP contribution is -2.50. The van der Waals surface area contributed by atoms with Crippen molar-refractivity contribution in [3.8, 4) is 28.1 Å². The molecule has 2 atom stereocenters. The number of nitrogens with zero attached hydrogens (tertiary/aromatic N) is 4. The molecule has 198 valence electrons. The molecule has 38 heavy (non-hydrogen) atoms. The van der Waals surface area contributed by atoms with Crippen LogP contribution in [0, 0.1) is 5.92 Å². The van der Waals surface area contributed by atoms with Gasteiger partial charge in [0, 0.05) is 37.2 Å². The predicted molar refractivity (Wildman–Crippen MR) is 148 cm³/mol. The van der Waals surface area contributed by atoms with Crippen molar-refractivity contribution in [1.82, 2.24) is 14.9 Å². The number of carbonyl (C=O) groups is 1. The van der Waals surface area contributed by atoms with Crippen LogP contribution in [-0.2, 0) is 11.2 Å². The number of amides is 1. The first-order chi connectivity index (χ1) is 18.3. The van der Waals surface area contributed by atoms with Gasteiger partial charge in [0.15, 0.2) is 0 Å². The van der Waals surface area contributed by atoms with E-state index in [1.54, 1.807) is 0 Å². The fraction of sp³-hybridized carbons (Fsp3) is 0.433. The number of rotatable bonds is 2. The van der Waals surface area contributed by atoms with Crippen molar-refractivity contribution in [1.29, 1.82) is 0 Å². The Hall–Kier alpha value is -3.81. The average Bonchev–Trinajstić information content (AvgIpc) is 3.24. The third kappa shape index (κ3) is 4.64. The number of ether oxygens (including phenoxy) is 2. The normalized spacial score (nSPS) is 20.6. The van der Waals surface area contributed by atoms with Crippen LogP contribution in [0.1, 0.15) is 39.2 Å². The topological polar surface area (TPSA) is 93.8 Å². The highest BCUT2D eigenvalue weighted by Gasteiger charge is 2.43. The molecule has 2 saturated heterocycles. The lowest BCUT2D eigenvalue weighted by Gasteiger charge is -2.37. The van der Waals surface area contributed by atoms with Gasteiger partial charge in [-0.2, -0.15) is 4.98 Å². The van der Waals surface area contributed by atoms with Gasteiger partial charge in [0.1, 0.15) is 17.2 Å². The number of nitrogen functional groups attached to an aromatic ring is 1. The summed E-state index contributed by atoms with van der Waals surface area (Å²) in [4.78, 5) is 26.7. The van der Waals surface area contributed by atoms with Gasteiger partial charge in [0.2, 0.25) is 5.95 Å². The van der Waals surface area contributed by atoms with Crippen molar-refractivity contribution in [2.75, 3.05) is 36.9 Å². The van der Waals surface area contributed by atoms with Crippen LogP contribution in [0.3, 0.4) is 0 Å². The molecule has 1 amide bonds. The summed E-state index contributed by atoms with van der Waals surface area (Å²) in [6, 6.07) is 16.6. The Labute approximate surface area is 223 Å². The van der Waals surface area contributed by atoms with Crippen LogP contribution < -0.4 is 15.4 Å². The number of carbonyl (C=O) groups excluding carboxylic acids is 1. The summed E-state index contributed by atoms with van der Waals surface area (Å²) in [6.07, 6.45) is 2.51. The number of hydrogen-bond acceptors (Lipinski definition) is 7. The maximum atomic E-state index is 13.0. The standard InChI is InChI=1S/C30H35N5O3/c1-30(2,3)38-29(36)35-14-7-10-21-17-34(18-24(21)35)27-23-13-15-37-25-16-20(19-8-5-4-6-9-19)11-12-22(25)26(23)32-28(31)33-27/h4-6,8-9,11-12,16,21,24H,7,10,13-15,17-18H2,1-3H3,(H2,31,32,33). The second-order valence-corrected chi connectivity index (χ2v) is 11.5. The van der Waals surface area contributed by atoms with E-state index in [4.69, 9.17) is 25.2 Å². The van der Waals surface area contributed by atoms with E-state index in [-0.39, 0.29) is 18.1 Å². The third-order valence-corrected chi connectivity index (χ3v) is 7.66. The number of piperidine rings is 1. The van der Waals surface area contributed by atoms with Crippen molar-refractivity contribution in [2.24, 2.45) is 5.92 Å². The number of nitrogens with two attached hydrogens (primary N) is 1. The van der Waals surface area contributed by atoms with Crippen LogP contribution >= 0.6 is 0 Å². The zero-order valence-corrected chi connectivity index (χ0v) is 22.3. The lowest BCUT2D eigenvalue weighted by atomic mass is 9.92. The Bertz CT molecular complexity index is 1350. The maximum Gasteiger partial charge on any atom is 0.410 e. The maximum absolute atomic E-state index is 13.0. The number of hydrogen-bond donors (Lipinski definition) is 1. The summed E-state index contributed by atoms with van der Waals surface area (Å²) in [6.45, 7) is 8.52. The molecular formula is C30H35N5O3. The molecule has 3 aliphatic heterocycles. The molecule has 2 unspecified atom stereocenters. The molecule has 0 aliphatic carbocycles. The molecule has 0 saturated carbocycles. The SMILES string of the molecule is CC(C)(C)OC(=O)N1CCCC2CN(c3nc(N)nc4c3CCOc3cc(-c5ccccc5)ccc3-4)CC21. The Balaban J connectivity index is 1.33. The van der Waals surface area contributed by atoms with Gasteiger partial charge in [-0.3, -0.25) is 0 Å². The molecular weight excluding hydrogens is 478 g/mol. The Morgan fingerprint density at radius 1 is 1.08 bits per heavy atom. The van der Waals surface area contributed by atoms with E-state index in [9.17, 15) is 4.79 Å². The second-order valence-electron chi connectivity index (χ2n) is 11.5. The van der Waals surface area contributed by atoms with E-state index in [0.717, 1.165) is 65.4 Å². The Morgan fingerprint density at radius 3 is 2.68 bits per heavy atom. The van der Waals surface area contributed by atoms with E-state index in [2.05, 4.69) is 35.2 Å². The molecule has 6 rings (SSSR count). The molecule has 8 nitrogen and oxygen atoms in total. The number of likely N-dealkylation sites (tertiary alicyclic amines) is 1. The quantitative estimate of drug-likeness (QED) is 0.506. The molecule has 8 heteroatoms. The monoisotopic (exact) mass is 513 g/mol. The van der Waals surface area contributed by atoms with Gasteiger partial charge in [0.25, 0.3) is 0 Å². The highest BCUT2D eigenvalue weighted by atomic mass is 16.6. The van der Waals surface area contributed by atoms with Gasteiger partial charge in [-0.1, -0.05) is 36.4 Å². The molecule has 0 bridgehead atoms. The molecule has 2 aromatic carbocycles. The first kappa shape index (κ1) is 24.5. The van der Waals surface area contributed by atoms with Gasteiger partial charge < -0.3 is 25.0 Å². The molecule has 3 aliphatic rings. The lowest BCUT2D eigenvalue weighted by molar-refractivity contribution is 0.00669. The fourth-order valence-electron chi connectivity index (χ4n) is 6.01. The fourth-order valence-corrected chi connectivity index (χ4v) is 6.01. The number of aromatic nitrogens is 2. The predicted octanol–water partition coefficient (Wildman–Crippen LogP) is 5.16. The van der Waals surface area contributed by atoms with E-state index in [1.165, 1.54) is 0 Å². The minimum absolute atomic E-state index is 0.0909. The van der Waals surface area contributed by atoms with Crippen LogP contribution in [0.25, 0.3) is 22.4 Å². The van der Waals surface area contributed by atoms with Gasteiger partial charge in [-0.15, -0.1) is 0 Å². The number of benzene rings is 2. The van der Waals surface area contributed by atoms with E-state index in [1.807, 2.05) is 43.9 Å². The number of anilines is 2. The van der Waals surface area contributed by atoms with Crippen molar-refractivity contribution in [2.45, 2.75) is 51.7 Å². The zero-order chi connectivity index (χ0) is 26.4. The Morgan fingerprint density at radius 2 is 1.89 bits per heavy atom. The van der Waals surface area contributed by atoms with Gasteiger partial charge in [0.05, 0.1) is 18.3 Å². The van der Waals surface area contributed by atoms with Crippen LogP contribution in [0.15, 0.2) is 48.5 Å². The van der Waals surface area contributed by atoms with Crippen molar-refractivity contribution < 1.29 is 14.3 Å². The average molecular weight is 514 g/mol. The van der Waals surface area contributed by atoms with Gasteiger partial charge in [-0.05, 0) is 62.8 Å². The summed E-state index contributed by atoms with van der Waals surface area (Å²) in [7, 11) is 0. The van der Waals surface area contributed by atoms with Crippen LogP contribution in [0.5, 0.6) is 5.75 Å². The zero-order valence-electron chi connectivity index (χ0n) is 22.3. The Kier molecular flexibility index (Phi) is 6.13. The molecule has 2 N–H and O–H groups in total. The van der Waals surface area contributed by atoms with E-state index in [0.29, 0.717) is 25.5 Å². The molecule has 3 aromatic rings.